The second kappa shape index (κ2) is 45.8. The summed E-state index contributed by atoms with van der Waals surface area (Å²) in [5, 5.41) is 0. The molecule has 0 amide bonds. The lowest BCUT2D eigenvalue weighted by Gasteiger charge is -2.18. The molecule has 0 radical (unpaired) electrons. The number of unbranched alkanes of at least 4 members (excludes halogenated alkanes) is 21. The minimum absolute atomic E-state index is 0.0968. The maximum atomic E-state index is 12.7. The van der Waals surface area contributed by atoms with Gasteiger partial charge >= 0.3 is 17.9 Å². The van der Waals surface area contributed by atoms with Gasteiger partial charge in [-0.05, 0) is 103 Å². The zero-order valence-electron chi connectivity index (χ0n) is 37.3. The molecule has 0 unspecified atom stereocenters. The van der Waals surface area contributed by atoms with Gasteiger partial charge in [-0.3, -0.25) is 14.4 Å². The first-order valence-corrected chi connectivity index (χ1v) is 23.8. The van der Waals surface area contributed by atoms with Gasteiger partial charge in [-0.25, -0.2) is 0 Å². The molecule has 0 aliphatic carbocycles. The van der Waals surface area contributed by atoms with Gasteiger partial charge in [-0.2, -0.15) is 0 Å². The van der Waals surface area contributed by atoms with Crippen LogP contribution in [0.15, 0.2) is 60.8 Å². The number of carbonyl (C=O) groups excluding carboxylic acids is 3. The average Bonchev–Trinajstić information content (AvgIpc) is 3.21. The maximum absolute atomic E-state index is 12.7. The maximum Gasteiger partial charge on any atom is 0.306 e. The quantitative estimate of drug-likeness (QED) is 0.0265. The molecule has 0 aromatic heterocycles. The van der Waals surface area contributed by atoms with Gasteiger partial charge in [0.05, 0.1) is 0 Å². The fraction of sp³-hybridized carbons (Fsp3) is 0.745. The Morgan fingerprint density at radius 1 is 0.351 bits per heavy atom. The fourth-order valence-electron chi connectivity index (χ4n) is 6.30. The lowest BCUT2D eigenvalue weighted by Crippen LogP contribution is -2.30. The van der Waals surface area contributed by atoms with Crippen LogP contribution >= 0.6 is 0 Å². The monoisotopic (exact) mass is 797 g/mol. The Kier molecular flexibility index (Phi) is 43.5. The number of carbonyl (C=O) groups is 3. The normalized spacial score (nSPS) is 12.5. The summed E-state index contributed by atoms with van der Waals surface area (Å²) in [6, 6.07) is 0. The SMILES string of the molecule is CCCC/C=C\CCCCCCCC(=O)OC[C@@H](COC(=O)CCCCCCC/C=C\CCCCCC)OC(=O)CCCC/C=C\C/C=C\C/C=C\CCCCC. The molecular weight excluding hydrogens is 709 g/mol. The zero-order valence-corrected chi connectivity index (χ0v) is 37.3. The van der Waals surface area contributed by atoms with Gasteiger partial charge in [-0.1, -0.05) is 165 Å². The molecule has 6 heteroatoms. The van der Waals surface area contributed by atoms with Crippen molar-refractivity contribution >= 4 is 17.9 Å². The summed E-state index contributed by atoms with van der Waals surface area (Å²) in [6.07, 6.45) is 54.8. The largest absolute Gasteiger partial charge is 0.462 e. The predicted molar refractivity (Wildman–Crippen MR) is 242 cm³/mol. The first kappa shape index (κ1) is 54.1. The van der Waals surface area contributed by atoms with Crippen LogP contribution in [0.4, 0.5) is 0 Å². The molecule has 0 saturated carbocycles. The highest BCUT2D eigenvalue weighted by atomic mass is 16.6. The van der Waals surface area contributed by atoms with E-state index >= 15 is 0 Å². The van der Waals surface area contributed by atoms with Crippen LogP contribution in [0.5, 0.6) is 0 Å². The molecule has 0 heterocycles. The van der Waals surface area contributed by atoms with Crippen molar-refractivity contribution in [2.24, 2.45) is 0 Å². The summed E-state index contributed by atoms with van der Waals surface area (Å²) in [4.78, 5) is 37.8. The van der Waals surface area contributed by atoms with Gasteiger partial charge in [0.2, 0.25) is 0 Å². The first-order chi connectivity index (χ1) is 28.0. The zero-order chi connectivity index (χ0) is 41.5. The lowest BCUT2D eigenvalue weighted by molar-refractivity contribution is -0.167. The Labute approximate surface area is 351 Å². The number of hydrogen-bond acceptors (Lipinski definition) is 6. The Hall–Kier alpha value is -2.89. The highest BCUT2D eigenvalue weighted by molar-refractivity contribution is 5.71. The molecule has 0 aliphatic rings. The van der Waals surface area contributed by atoms with E-state index in [-0.39, 0.29) is 37.5 Å². The van der Waals surface area contributed by atoms with E-state index < -0.39 is 6.10 Å². The molecule has 57 heavy (non-hydrogen) atoms. The Balaban J connectivity index is 4.47. The van der Waals surface area contributed by atoms with Crippen LogP contribution in [0.2, 0.25) is 0 Å². The van der Waals surface area contributed by atoms with Crippen molar-refractivity contribution in [1.82, 2.24) is 0 Å². The van der Waals surface area contributed by atoms with Crippen LogP contribution in [0, 0.1) is 0 Å². The number of rotatable bonds is 42. The summed E-state index contributed by atoms with van der Waals surface area (Å²) in [7, 11) is 0. The smallest absolute Gasteiger partial charge is 0.306 e. The molecule has 0 aromatic rings. The summed E-state index contributed by atoms with van der Waals surface area (Å²) >= 11 is 0. The molecule has 0 rings (SSSR count). The van der Waals surface area contributed by atoms with Gasteiger partial charge in [0, 0.05) is 19.3 Å². The minimum Gasteiger partial charge on any atom is -0.462 e. The third-order valence-electron chi connectivity index (χ3n) is 9.96. The Morgan fingerprint density at radius 3 is 1.12 bits per heavy atom. The number of hydrogen-bond donors (Lipinski definition) is 0. The van der Waals surface area contributed by atoms with Gasteiger partial charge < -0.3 is 14.2 Å². The molecule has 0 bridgehead atoms. The van der Waals surface area contributed by atoms with Gasteiger partial charge in [0.25, 0.3) is 0 Å². The molecule has 0 aliphatic heterocycles. The average molecular weight is 797 g/mol. The van der Waals surface area contributed by atoms with Crippen molar-refractivity contribution in [1.29, 1.82) is 0 Å². The molecular formula is C51H88O6. The summed E-state index contributed by atoms with van der Waals surface area (Å²) in [5.74, 6) is -0.956. The van der Waals surface area contributed by atoms with E-state index in [0.717, 1.165) is 77.0 Å². The van der Waals surface area contributed by atoms with Crippen molar-refractivity contribution in [2.75, 3.05) is 13.2 Å². The van der Waals surface area contributed by atoms with Crippen molar-refractivity contribution in [3.05, 3.63) is 60.8 Å². The van der Waals surface area contributed by atoms with E-state index in [2.05, 4.69) is 81.5 Å². The highest BCUT2D eigenvalue weighted by Gasteiger charge is 2.19. The standard InChI is InChI=1S/C51H88O6/c1-4-7-10-13-16-19-22-24-25-27-30-33-36-39-42-45-51(54)57-48(46-55-49(52)43-40-37-34-31-28-21-18-15-12-9-6-3)47-56-50(53)44-41-38-35-32-29-26-23-20-17-14-11-8-5-2/h15-16,18-20,23-25,30,33,48H,4-14,17,21-22,26-29,31-32,34-47H2,1-3H3/b18-15-,19-16-,23-20-,25-24-,33-30-/t48-/m0/s1. The van der Waals surface area contributed by atoms with Crippen LogP contribution in [0.1, 0.15) is 226 Å². The Morgan fingerprint density at radius 2 is 0.649 bits per heavy atom. The number of allylic oxidation sites excluding steroid dienone is 10. The molecule has 328 valence electrons. The van der Waals surface area contributed by atoms with Crippen molar-refractivity contribution in [3.8, 4) is 0 Å². The summed E-state index contributed by atoms with van der Waals surface area (Å²) in [5.41, 5.74) is 0. The molecule has 1 atom stereocenters. The van der Waals surface area contributed by atoms with E-state index in [1.807, 2.05) is 0 Å². The number of ether oxygens (including phenoxy) is 3. The predicted octanol–water partition coefficient (Wildman–Crippen LogP) is 15.3. The van der Waals surface area contributed by atoms with E-state index in [4.69, 9.17) is 14.2 Å². The molecule has 0 spiro atoms. The van der Waals surface area contributed by atoms with Crippen LogP contribution in [0.3, 0.4) is 0 Å². The van der Waals surface area contributed by atoms with Crippen LogP contribution in [-0.4, -0.2) is 37.2 Å². The van der Waals surface area contributed by atoms with Crippen molar-refractivity contribution < 1.29 is 28.6 Å². The molecule has 0 N–H and O–H groups in total. The van der Waals surface area contributed by atoms with E-state index in [9.17, 15) is 14.4 Å². The number of esters is 3. The summed E-state index contributed by atoms with van der Waals surface area (Å²) < 4.78 is 16.7. The van der Waals surface area contributed by atoms with E-state index in [1.165, 1.54) is 103 Å². The van der Waals surface area contributed by atoms with Crippen molar-refractivity contribution in [3.63, 3.8) is 0 Å². The second-order valence-corrected chi connectivity index (χ2v) is 15.7. The molecule has 6 nitrogen and oxygen atoms in total. The third kappa shape index (κ3) is 44.1. The highest BCUT2D eigenvalue weighted by Crippen LogP contribution is 2.12. The minimum atomic E-state index is -0.798. The fourth-order valence-corrected chi connectivity index (χ4v) is 6.30. The van der Waals surface area contributed by atoms with Crippen LogP contribution in [0.25, 0.3) is 0 Å². The van der Waals surface area contributed by atoms with E-state index in [1.54, 1.807) is 0 Å². The first-order valence-electron chi connectivity index (χ1n) is 23.8. The van der Waals surface area contributed by atoms with Crippen molar-refractivity contribution in [2.45, 2.75) is 232 Å². The molecule has 0 saturated heterocycles. The second-order valence-electron chi connectivity index (χ2n) is 15.7. The van der Waals surface area contributed by atoms with Crippen LogP contribution < -0.4 is 0 Å². The van der Waals surface area contributed by atoms with E-state index in [0.29, 0.717) is 19.3 Å². The van der Waals surface area contributed by atoms with Gasteiger partial charge in [-0.15, -0.1) is 0 Å². The van der Waals surface area contributed by atoms with Gasteiger partial charge in [0.1, 0.15) is 13.2 Å². The Bertz CT molecular complexity index is 1050. The summed E-state index contributed by atoms with van der Waals surface area (Å²) in [6.45, 7) is 6.49. The van der Waals surface area contributed by atoms with Crippen LogP contribution in [-0.2, 0) is 28.6 Å². The topological polar surface area (TPSA) is 78.9 Å². The lowest BCUT2D eigenvalue weighted by atomic mass is 10.1. The third-order valence-corrected chi connectivity index (χ3v) is 9.96. The van der Waals surface area contributed by atoms with Gasteiger partial charge in [0.15, 0.2) is 6.10 Å². The molecule has 0 aromatic carbocycles. The molecule has 0 fully saturated rings.